The van der Waals surface area contributed by atoms with Crippen LogP contribution in [-0.2, 0) is 5.41 Å². The Balaban J connectivity index is 1.03. The number of aromatic nitrogens is 1. The van der Waals surface area contributed by atoms with Crippen LogP contribution in [0.2, 0.25) is 0 Å². The minimum atomic E-state index is -0.0413. The van der Waals surface area contributed by atoms with E-state index in [1.54, 1.807) is 0 Å². The van der Waals surface area contributed by atoms with Gasteiger partial charge in [-0.25, -0.2) is 0 Å². The second kappa shape index (κ2) is 12.4. The van der Waals surface area contributed by atoms with E-state index in [1.165, 1.54) is 88.7 Å². The molecule has 1 heterocycles. The first kappa shape index (κ1) is 31.3. The van der Waals surface area contributed by atoms with Crippen molar-refractivity contribution in [2.45, 2.75) is 25.2 Å². The minimum absolute atomic E-state index is 0.0413. The molecule has 0 spiro atoms. The molecule has 1 atom stereocenters. The van der Waals surface area contributed by atoms with Gasteiger partial charge in [-0.15, -0.1) is 0 Å². The van der Waals surface area contributed by atoms with Crippen molar-refractivity contribution in [2.75, 3.05) is 0 Å². The number of benzene rings is 8. The van der Waals surface area contributed by atoms with Crippen LogP contribution in [0.4, 0.5) is 0 Å². The molecule has 1 aromatic heterocycles. The van der Waals surface area contributed by atoms with Gasteiger partial charge >= 0.3 is 0 Å². The molecule has 0 radical (unpaired) electrons. The van der Waals surface area contributed by atoms with E-state index in [1.807, 2.05) is 0 Å². The van der Waals surface area contributed by atoms with Gasteiger partial charge in [0.25, 0.3) is 0 Å². The molecule has 0 fully saturated rings. The maximum Gasteiger partial charge on any atom is 0.0541 e. The first-order valence-electron chi connectivity index (χ1n) is 18.6. The summed E-state index contributed by atoms with van der Waals surface area (Å²) in [6, 6.07) is 71.6. The molecule has 0 N–H and O–H groups in total. The zero-order chi connectivity index (χ0) is 35.5. The molecule has 0 bridgehead atoms. The van der Waals surface area contributed by atoms with Gasteiger partial charge in [-0.05, 0) is 91.5 Å². The topological polar surface area (TPSA) is 4.93 Å². The minimum Gasteiger partial charge on any atom is -0.309 e. The van der Waals surface area contributed by atoms with Crippen LogP contribution >= 0.6 is 0 Å². The molecule has 53 heavy (non-hydrogen) atoms. The predicted octanol–water partition coefficient (Wildman–Crippen LogP) is 13.6. The molecule has 0 aliphatic heterocycles. The summed E-state index contributed by atoms with van der Waals surface area (Å²) in [5.74, 6) is 0.129. The lowest BCUT2D eigenvalue weighted by Crippen LogP contribution is -2.15. The molecule has 1 unspecified atom stereocenters. The van der Waals surface area contributed by atoms with E-state index in [4.69, 9.17) is 0 Å². The van der Waals surface area contributed by atoms with Crippen LogP contribution in [0.1, 0.15) is 47.6 Å². The van der Waals surface area contributed by atoms with Crippen molar-refractivity contribution in [3.05, 3.63) is 222 Å². The molecule has 10 rings (SSSR count). The highest BCUT2D eigenvalue weighted by Gasteiger charge is 2.35. The standard InChI is InChI=1S/C52H39N/c1-52(2)47-19-11-9-17-43(47)44-31-27-41(34-48(44)52)51(38-15-7-4-8-16-38)39-23-21-37(22-24-39)40-28-32-50-46(33-40)45-18-10-12-20-49(45)53(50)42-29-25-36(26-30-42)35-13-5-3-6-14-35/h3-34,51H,1-2H3. The van der Waals surface area contributed by atoms with Gasteiger partial charge in [-0.2, -0.15) is 0 Å². The Bertz CT molecular complexity index is 2770. The monoisotopic (exact) mass is 677 g/mol. The molecule has 0 saturated heterocycles. The summed E-state index contributed by atoms with van der Waals surface area (Å²) in [5.41, 5.74) is 17.9. The molecular weight excluding hydrogens is 639 g/mol. The molecule has 252 valence electrons. The lowest BCUT2D eigenvalue weighted by molar-refractivity contribution is 0.659. The molecule has 8 aromatic carbocycles. The number of nitrogens with zero attached hydrogens (tertiary/aromatic N) is 1. The van der Waals surface area contributed by atoms with Crippen molar-refractivity contribution in [3.63, 3.8) is 0 Å². The van der Waals surface area contributed by atoms with Crippen molar-refractivity contribution < 1.29 is 0 Å². The van der Waals surface area contributed by atoms with Crippen LogP contribution in [0.25, 0.3) is 60.9 Å². The van der Waals surface area contributed by atoms with E-state index in [0.29, 0.717) is 0 Å². The van der Waals surface area contributed by atoms with E-state index in [0.717, 1.165) is 0 Å². The van der Waals surface area contributed by atoms with Gasteiger partial charge in [0.15, 0.2) is 0 Å². The van der Waals surface area contributed by atoms with E-state index < -0.39 is 0 Å². The molecule has 0 saturated carbocycles. The predicted molar refractivity (Wildman–Crippen MR) is 223 cm³/mol. The average molecular weight is 678 g/mol. The number of hydrogen-bond donors (Lipinski definition) is 0. The van der Waals surface area contributed by atoms with Gasteiger partial charge in [0.1, 0.15) is 0 Å². The van der Waals surface area contributed by atoms with Crippen molar-refractivity contribution >= 4 is 21.8 Å². The molecule has 1 aliphatic carbocycles. The fourth-order valence-corrected chi connectivity index (χ4v) is 8.86. The van der Waals surface area contributed by atoms with Gasteiger partial charge in [-0.3, -0.25) is 0 Å². The van der Waals surface area contributed by atoms with Crippen LogP contribution in [0, 0.1) is 0 Å². The van der Waals surface area contributed by atoms with Crippen LogP contribution in [0.5, 0.6) is 0 Å². The highest BCUT2D eigenvalue weighted by molar-refractivity contribution is 6.10. The van der Waals surface area contributed by atoms with Gasteiger partial charge in [0.05, 0.1) is 11.0 Å². The third-order valence-electron chi connectivity index (χ3n) is 11.6. The Kier molecular flexibility index (Phi) is 7.30. The van der Waals surface area contributed by atoms with Crippen LogP contribution in [0.15, 0.2) is 194 Å². The first-order valence-corrected chi connectivity index (χ1v) is 18.6. The normalized spacial score (nSPS) is 13.5. The van der Waals surface area contributed by atoms with Gasteiger partial charge in [-0.1, -0.05) is 178 Å². The highest BCUT2D eigenvalue weighted by Crippen LogP contribution is 2.50. The fraction of sp³-hybridized carbons (Fsp3) is 0.0769. The van der Waals surface area contributed by atoms with E-state index in [2.05, 4.69) is 213 Å². The Morgan fingerprint density at radius 2 is 0.925 bits per heavy atom. The maximum absolute atomic E-state index is 2.47. The quantitative estimate of drug-likeness (QED) is 0.154. The van der Waals surface area contributed by atoms with E-state index in [-0.39, 0.29) is 11.3 Å². The molecular formula is C52H39N. The molecule has 1 aliphatic rings. The Labute approximate surface area is 311 Å². The zero-order valence-electron chi connectivity index (χ0n) is 30.0. The van der Waals surface area contributed by atoms with Gasteiger partial charge in [0, 0.05) is 27.8 Å². The Morgan fingerprint density at radius 3 is 1.72 bits per heavy atom. The van der Waals surface area contributed by atoms with E-state index in [9.17, 15) is 0 Å². The smallest absolute Gasteiger partial charge is 0.0541 e. The summed E-state index contributed by atoms with van der Waals surface area (Å²) >= 11 is 0. The highest BCUT2D eigenvalue weighted by atomic mass is 15.0. The summed E-state index contributed by atoms with van der Waals surface area (Å²) < 4.78 is 2.40. The largest absolute Gasteiger partial charge is 0.309 e. The Morgan fingerprint density at radius 1 is 0.377 bits per heavy atom. The molecule has 0 amide bonds. The molecule has 1 nitrogen and oxygen atoms in total. The molecule has 9 aromatic rings. The summed E-state index contributed by atoms with van der Waals surface area (Å²) in [6.45, 7) is 4.73. The van der Waals surface area contributed by atoms with Crippen LogP contribution < -0.4 is 0 Å². The fourth-order valence-electron chi connectivity index (χ4n) is 8.86. The van der Waals surface area contributed by atoms with Gasteiger partial charge < -0.3 is 4.57 Å². The Hall–Kier alpha value is -6.44. The van der Waals surface area contributed by atoms with Crippen molar-refractivity contribution in [2.24, 2.45) is 0 Å². The lowest BCUT2D eigenvalue weighted by Gasteiger charge is -2.24. The molecule has 1 heteroatoms. The SMILES string of the molecule is CC1(C)c2ccccc2-c2ccc(C(c3ccccc3)c3ccc(-c4ccc5c(c4)c4ccccc4n5-c4ccc(-c5ccccc5)cc4)cc3)cc21. The second-order valence-electron chi connectivity index (χ2n) is 14.9. The van der Waals surface area contributed by atoms with Gasteiger partial charge in [0.2, 0.25) is 0 Å². The van der Waals surface area contributed by atoms with Crippen molar-refractivity contribution in [3.8, 4) is 39.1 Å². The summed E-state index contributed by atoms with van der Waals surface area (Å²) in [4.78, 5) is 0. The van der Waals surface area contributed by atoms with E-state index >= 15 is 0 Å². The first-order chi connectivity index (χ1) is 26.0. The third-order valence-corrected chi connectivity index (χ3v) is 11.6. The number of hydrogen-bond acceptors (Lipinski definition) is 0. The second-order valence-corrected chi connectivity index (χ2v) is 14.9. The number of rotatable bonds is 6. The average Bonchev–Trinajstić information content (AvgIpc) is 3.67. The van der Waals surface area contributed by atoms with Crippen molar-refractivity contribution in [1.29, 1.82) is 0 Å². The summed E-state index contributed by atoms with van der Waals surface area (Å²) in [6.07, 6.45) is 0. The zero-order valence-corrected chi connectivity index (χ0v) is 30.0. The number of fused-ring (bicyclic) bond motifs is 6. The van der Waals surface area contributed by atoms with Crippen LogP contribution in [0.3, 0.4) is 0 Å². The summed E-state index contributed by atoms with van der Waals surface area (Å²) in [7, 11) is 0. The van der Waals surface area contributed by atoms with Crippen LogP contribution in [-0.4, -0.2) is 4.57 Å². The maximum atomic E-state index is 2.47. The summed E-state index contributed by atoms with van der Waals surface area (Å²) in [5, 5.41) is 2.53. The lowest BCUT2D eigenvalue weighted by atomic mass is 9.79. The third kappa shape index (κ3) is 5.15. The number of para-hydroxylation sites is 1. The van der Waals surface area contributed by atoms with Crippen molar-refractivity contribution in [1.82, 2.24) is 4.57 Å².